The minimum absolute atomic E-state index is 0.492. The van der Waals surface area contributed by atoms with Crippen LogP contribution in [-0.2, 0) is 4.74 Å². The Morgan fingerprint density at radius 1 is 1.46 bits per heavy atom. The lowest BCUT2D eigenvalue weighted by atomic mass is 10.3. The third-order valence-corrected chi connectivity index (χ3v) is 1.11. The van der Waals surface area contributed by atoms with Gasteiger partial charge in [-0.25, -0.2) is 0 Å². The Morgan fingerprint density at radius 3 is 2.69 bits per heavy atom. The fraction of sp³-hybridized carbons (Fsp3) is 0.700. The molecule has 76 valence electrons. The quantitative estimate of drug-likeness (QED) is 0.297. The maximum absolute atomic E-state index is 5.20. The SMILES string of the molecule is CC(C)=COCCNN=CC(C)C. The van der Waals surface area contributed by atoms with Crippen LogP contribution in [0.25, 0.3) is 0 Å². The second-order valence-electron chi connectivity index (χ2n) is 3.50. The van der Waals surface area contributed by atoms with Crippen molar-refractivity contribution in [3.05, 3.63) is 11.8 Å². The average molecular weight is 184 g/mol. The third-order valence-electron chi connectivity index (χ3n) is 1.11. The first-order valence-corrected chi connectivity index (χ1v) is 4.64. The van der Waals surface area contributed by atoms with Gasteiger partial charge in [0.2, 0.25) is 0 Å². The van der Waals surface area contributed by atoms with Crippen LogP contribution in [0.2, 0.25) is 0 Å². The van der Waals surface area contributed by atoms with Gasteiger partial charge in [-0.2, -0.15) is 5.10 Å². The van der Waals surface area contributed by atoms with Crippen LogP contribution in [0.3, 0.4) is 0 Å². The molecule has 0 fully saturated rings. The van der Waals surface area contributed by atoms with E-state index in [1.807, 2.05) is 20.1 Å². The number of allylic oxidation sites excluding steroid dienone is 1. The number of hydrogen-bond donors (Lipinski definition) is 1. The highest BCUT2D eigenvalue weighted by molar-refractivity contribution is 5.58. The molecule has 0 aromatic carbocycles. The van der Waals surface area contributed by atoms with Crippen LogP contribution in [0.1, 0.15) is 27.7 Å². The normalized spacial score (nSPS) is 10.5. The summed E-state index contributed by atoms with van der Waals surface area (Å²) in [5, 5.41) is 4.01. The second kappa shape index (κ2) is 7.65. The maximum Gasteiger partial charge on any atom is 0.106 e. The molecule has 0 bridgehead atoms. The van der Waals surface area contributed by atoms with Crippen molar-refractivity contribution in [2.75, 3.05) is 13.2 Å². The molecule has 0 unspecified atom stereocenters. The summed E-state index contributed by atoms with van der Waals surface area (Å²) in [5.74, 6) is 0.492. The molecule has 0 aromatic rings. The second-order valence-corrected chi connectivity index (χ2v) is 3.50. The topological polar surface area (TPSA) is 33.6 Å². The van der Waals surface area contributed by atoms with Crippen molar-refractivity contribution in [1.29, 1.82) is 0 Å². The molecule has 0 aliphatic carbocycles. The summed E-state index contributed by atoms with van der Waals surface area (Å²) in [5.41, 5.74) is 4.08. The summed E-state index contributed by atoms with van der Waals surface area (Å²) < 4.78 is 5.20. The summed E-state index contributed by atoms with van der Waals surface area (Å²) >= 11 is 0. The molecule has 3 heteroatoms. The van der Waals surface area contributed by atoms with E-state index in [1.165, 1.54) is 5.57 Å². The molecule has 1 N–H and O–H groups in total. The number of hydrazone groups is 1. The maximum atomic E-state index is 5.20. The Bertz CT molecular complexity index is 170. The Hall–Kier alpha value is -0.990. The zero-order valence-electron chi connectivity index (χ0n) is 9.00. The lowest BCUT2D eigenvalue weighted by Crippen LogP contribution is -2.13. The van der Waals surface area contributed by atoms with Crippen molar-refractivity contribution in [1.82, 2.24) is 5.43 Å². The standard InChI is InChI=1S/C10H20N2O/c1-9(2)7-12-11-5-6-13-8-10(3)4/h7-9,11H,5-6H2,1-4H3. The van der Waals surface area contributed by atoms with E-state index >= 15 is 0 Å². The van der Waals surface area contributed by atoms with Gasteiger partial charge in [-0.05, 0) is 25.3 Å². The zero-order valence-corrected chi connectivity index (χ0v) is 9.00. The van der Waals surface area contributed by atoms with E-state index in [4.69, 9.17) is 4.74 Å². The van der Waals surface area contributed by atoms with Crippen LogP contribution in [-0.4, -0.2) is 19.4 Å². The Kier molecular flexibility index (Phi) is 7.07. The van der Waals surface area contributed by atoms with Gasteiger partial charge in [-0.15, -0.1) is 0 Å². The van der Waals surface area contributed by atoms with Gasteiger partial charge < -0.3 is 10.2 Å². The molecule has 3 nitrogen and oxygen atoms in total. The van der Waals surface area contributed by atoms with Crippen LogP contribution >= 0.6 is 0 Å². The molecule has 0 rings (SSSR count). The number of rotatable bonds is 6. The van der Waals surface area contributed by atoms with Crippen molar-refractivity contribution in [3.8, 4) is 0 Å². The molecule has 0 saturated heterocycles. The van der Waals surface area contributed by atoms with Gasteiger partial charge >= 0.3 is 0 Å². The highest BCUT2D eigenvalue weighted by atomic mass is 16.5. The van der Waals surface area contributed by atoms with E-state index in [0.717, 1.165) is 6.54 Å². The van der Waals surface area contributed by atoms with E-state index in [0.29, 0.717) is 12.5 Å². The van der Waals surface area contributed by atoms with Gasteiger partial charge in [0.25, 0.3) is 0 Å². The Labute approximate surface area is 80.9 Å². The largest absolute Gasteiger partial charge is 0.499 e. The molecule has 0 heterocycles. The van der Waals surface area contributed by atoms with Gasteiger partial charge in [0.05, 0.1) is 12.8 Å². The lowest BCUT2D eigenvalue weighted by Gasteiger charge is -2.01. The van der Waals surface area contributed by atoms with Crippen LogP contribution in [0.15, 0.2) is 16.9 Å². The van der Waals surface area contributed by atoms with Crippen molar-refractivity contribution in [3.63, 3.8) is 0 Å². The predicted molar refractivity (Wildman–Crippen MR) is 56.7 cm³/mol. The molecule has 13 heavy (non-hydrogen) atoms. The zero-order chi connectivity index (χ0) is 10.1. The lowest BCUT2D eigenvalue weighted by molar-refractivity contribution is 0.247. The number of nitrogens with zero attached hydrogens (tertiary/aromatic N) is 1. The minimum Gasteiger partial charge on any atom is -0.499 e. The molecule has 0 saturated carbocycles. The number of ether oxygens (including phenoxy) is 1. The fourth-order valence-electron chi connectivity index (χ4n) is 0.596. The van der Waals surface area contributed by atoms with Crippen LogP contribution in [0, 0.1) is 5.92 Å². The minimum atomic E-state index is 0.492. The Balaban J connectivity index is 3.22. The summed E-state index contributed by atoms with van der Waals surface area (Å²) in [6.07, 6.45) is 3.63. The van der Waals surface area contributed by atoms with E-state index in [2.05, 4.69) is 24.4 Å². The number of hydrogen-bond acceptors (Lipinski definition) is 3. The molecular weight excluding hydrogens is 164 g/mol. The van der Waals surface area contributed by atoms with Gasteiger partial charge in [-0.1, -0.05) is 13.8 Å². The van der Waals surface area contributed by atoms with E-state index in [9.17, 15) is 0 Å². The number of nitrogens with one attached hydrogen (secondary N) is 1. The first-order valence-electron chi connectivity index (χ1n) is 4.64. The molecule has 0 aromatic heterocycles. The molecule has 0 aliphatic rings. The summed E-state index contributed by atoms with van der Waals surface area (Å²) in [6.45, 7) is 9.58. The van der Waals surface area contributed by atoms with E-state index < -0.39 is 0 Å². The van der Waals surface area contributed by atoms with Gasteiger partial charge in [0, 0.05) is 6.21 Å². The van der Waals surface area contributed by atoms with Crippen molar-refractivity contribution in [2.24, 2.45) is 11.0 Å². The predicted octanol–water partition coefficient (Wildman–Crippen LogP) is 2.16. The molecule has 0 atom stereocenters. The van der Waals surface area contributed by atoms with Gasteiger partial charge in [-0.3, -0.25) is 0 Å². The first-order chi connectivity index (χ1) is 6.13. The molecule has 0 aliphatic heterocycles. The first kappa shape index (κ1) is 12.0. The average Bonchev–Trinajstić information content (AvgIpc) is 2.01. The van der Waals surface area contributed by atoms with Crippen molar-refractivity contribution >= 4 is 6.21 Å². The van der Waals surface area contributed by atoms with Crippen LogP contribution < -0.4 is 5.43 Å². The Morgan fingerprint density at radius 2 is 2.15 bits per heavy atom. The van der Waals surface area contributed by atoms with Crippen molar-refractivity contribution < 1.29 is 4.74 Å². The van der Waals surface area contributed by atoms with Crippen LogP contribution in [0.4, 0.5) is 0 Å². The third kappa shape index (κ3) is 11.0. The highest BCUT2D eigenvalue weighted by Gasteiger charge is 1.84. The highest BCUT2D eigenvalue weighted by Crippen LogP contribution is 1.88. The van der Waals surface area contributed by atoms with Crippen molar-refractivity contribution in [2.45, 2.75) is 27.7 Å². The molecule has 0 amide bonds. The fourth-order valence-corrected chi connectivity index (χ4v) is 0.596. The van der Waals surface area contributed by atoms with Crippen LogP contribution in [0.5, 0.6) is 0 Å². The summed E-state index contributed by atoms with van der Waals surface area (Å²) in [6, 6.07) is 0. The van der Waals surface area contributed by atoms with Gasteiger partial charge in [0.1, 0.15) is 6.61 Å². The van der Waals surface area contributed by atoms with E-state index in [-0.39, 0.29) is 0 Å². The van der Waals surface area contributed by atoms with E-state index in [1.54, 1.807) is 6.26 Å². The van der Waals surface area contributed by atoms with Gasteiger partial charge in [0.15, 0.2) is 0 Å². The monoisotopic (exact) mass is 184 g/mol. The summed E-state index contributed by atoms with van der Waals surface area (Å²) in [4.78, 5) is 0. The molecule has 0 spiro atoms. The molecule has 0 radical (unpaired) electrons. The summed E-state index contributed by atoms with van der Waals surface area (Å²) in [7, 11) is 0. The molecular formula is C10H20N2O. The smallest absolute Gasteiger partial charge is 0.106 e.